The van der Waals surface area contributed by atoms with Gasteiger partial charge in [0, 0.05) is 16.8 Å². The Labute approximate surface area is 117 Å². The van der Waals surface area contributed by atoms with Gasteiger partial charge in [0.2, 0.25) is 0 Å². The molecule has 2 N–H and O–H groups in total. The number of rotatable bonds is 4. The number of nitrogen functional groups attached to an aromatic ring is 1. The number of benzene rings is 1. The smallest absolute Gasteiger partial charge is 0.389 e. The molecule has 2 rings (SSSR count). The van der Waals surface area contributed by atoms with Crippen LogP contribution in [0.1, 0.15) is 22.5 Å². The van der Waals surface area contributed by atoms with Crippen molar-refractivity contribution in [2.45, 2.75) is 19.0 Å². The van der Waals surface area contributed by atoms with Crippen molar-refractivity contribution in [1.29, 1.82) is 0 Å². The first-order valence-corrected chi connectivity index (χ1v) is 6.70. The van der Waals surface area contributed by atoms with Crippen LogP contribution in [0.5, 0.6) is 0 Å². The molecule has 0 bridgehead atoms. The molecule has 0 saturated heterocycles. The summed E-state index contributed by atoms with van der Waals surface area (Å²) in [4.78, 5) is 12.1. The molecular weight excluding hydrogens is 291 g/mol. The number of carbonyl (C=O) groups excluding carboxylic acids is 1. The number of hydrogen-bond donors (Lipinski definition) is 1. The van der Waals surface area contributed by atoms with Gasteiger partial charge in [-0.25, -0.2) is 4.79 Å². The minimum Gasteiger partial charge on any atom is -0.462 e. The molecule has 1 aromatic heterocycles. The molecule has 0 saturated carbocycles. The quantitative estimate of drug-likeness (QED) is 0.528. The molecule has 20 heavy (non-hydrogen) atoms. The molecule has 0 aliphatic heterocycles. The maximum atomic E-state index is 11.9. The molecule has 0 unspecified atom stereocenters. The monoisotopic (exact) mass is 303 g/mol. The number of carbonyl (C=O) groups is 1. The van der Waals surface area contributed by atoms with Gasteiger partial charge < -0.3 is 10.5 Å². The number of ether oxygens (including phenoxy) is 1. The van der Waals surface area contributed by atoms with Crippen LogP contribution in [0, 0.1) is 0 Å². The van der Waals surface area contributed by atoms with Crippen LogP contribution in [-0.2, 0) is 4.74 Å². The van der Waals surface area contributed by atoms with Crippen molar-refractivity contribution in [2.24, 2.45) is 0 Å². The van der Waals surface area contributed by atoms with E-state index in [1.807, 2.05) is 0 Å². The second-order valence-corrected chi connectivity index (χ2v) is 5.35. The molecule has 1 aromatic carbocycles. The number of alkyl halides is 3. The van der Waals surface area contributed by atoms with Crippen LogP contribution in [0.25, 0.3) is 10.1 Å². The maximum absolute atomic E-state index is 11.9. The van der Waals surface area contributed by atoms with Gasteiger partial charge in [-0.3, -0.25) is 0 Å². The van der Waals surface area contributed by atoms with Crippen LogP contribution in [-0.4, -0.2) is 18.8 Å². The van der Waals surface area contributed by atoms with Gasteiger partial charge >= 0.3 is 12.1 Å². The summed E-state index contributed by atoms with van der Waals surface area (Å²) >= 11 is 1.23. The van der Waals surface area contributed by atoms with E-state index in [4.69, 9.17) is 10.5 Å². The Morgan fingerprint density at radius 1 is 1.30 bits per heavy atom. The third-order valence-corrected chi connectivity index (χ3v) is 3.68. The van der Waals surface area contributed by atoms with E-state index in [9.17, 15) is 18.0 Å². The van der Waals surface area contributed by atoms with E-state index in [0.717, 1.165) is 10.1 Å². The fraction of sp³-hybridized carbons (Fsp3) is 0.308. The molecular formula is C13H12F3NO2S. The summed E-state index contributed by atoms with van der Waals surface area (Å²) in [5.41, 5.74) is 6.21. The Hall–Kier alpha value is -1.76. The standard InChI is InChI=1S/C13H12F3NO2S/c14-13(15,16)4-1-5-19-12(18)11-7-8-6-9(17)2-3-10(8)20-11/h2-3,6-7H,1,4-5,17H2. The SMILES string of the molecule is Nc1ccc2sc(C(=O)OCCCC(F)(F)F)cc2c1. The number of fused-ring (bicyclic) bond motifs is 1. The number of esters is 1. The van der Waals surface area contributed by atoms with Gasteiger partial charge in [0.25, 0.3) is 0 Å². The van der Waals surface area contributed by atoms with Crippen LogP contribution in [0.3, 0.4) is 0 Å². The van der Waals surface area contributed by atoms with Gasteiger partial charge in [0.15, 0.2) is 0 Å². The van der Waals surface area contributed by atoms with Gasteiger partial charge in [-0.2, -0.15) is 13.2 Å². The Morgan fingerprint density at radius 2 is 2.05 bits per heavy atom. The highest BCUT2D eigenvalue weighted by atomic mass is 32.1. The van der Waals surface area contributed by atoms with E-state index < -0.39 is 18.6 Å². The molecule has 0 amide bonds. The van der Waals surface area contributed by atoms with Crippen LogP contribution >= 0.6 is 11.3 Å². The van der Waals surface area contributed by atoms with Crippen molar-refractivity contribution in [3.63, 3.8) is 0 Å². The lowest BCUT2D eigenvalue weighted by molar-refractivity contribution is -0.137. The molecule has 3 nitrogen and oxygen atoms in total. The lowest BCUT2D eigenvalue weighted by atomic mass is 10.2. The average Bonchev–Trinajstić information content (AvgIpc) is 2.76. The summed E-state index contributed by atoms with van der Waals surface area (Å²) in [6, 6.07) is 6.86. The molecule has 1 heterocycles. The fourth-order valence-electron chi connectivity index (χ4n) is 1.67. The van der Waals surface area contributed by atoms with E-state index in [1.54, 1.807) is 24.3 Å². The Balaban J connectivity index is 1.94. The van der Waals surface area contributed by atoms with E-state index in [0.29, 0.717) is 10.6 Å². The van der Waals surface area contributed by atoms with Gasteiger partial charge in [0.1, 0.15) is 4.88 Å². The zero-order chi connectivity index (χ0) is 14.8. The van der Waals surface area contributed by atoms with Crippen LogP contribution < -0.4 is 5.73 Å². The highest BCUT2D eigenvalue weighted by Gasteiger charge is 2.26. The predicted octanol–water partition coefficient (Wildman–Crippen LogP) is 3.98. The summed E-state index contributed by atoms with van der Waals surface area (Å²) in [6.45, 7) is -0.241. The van der Waals surface area contributed by atoms with E-state index in [-0.39, 0.29) is 13.0 Å². The number of thiophene rings is 1. The lowest BCUT2D eigenvalue weighted by Crippen LogP contribution is -2.10. The first-order valence-electron chi connectivity index (χ1n) is 5.88. The largest absolute Gasteiger partial charge is 0.462 e. The molecule has 0 spiro atoms. The molecule has 0 aliphatic carbocycles. The summed E-state index contributed by atoms with van der Waals surface area (Å²) in [5, 5.41) is 0.817. The Kier molecular flexibility index (Phi) is 4.17. The Bertz CT molecular complexity index is 622. The first kappa shape index (κ1) is 14.6. The van der Waals surface area contributed by atoms with Crippen LogP contribution in [0.2, 0.25) is 0 Å². The predicted molar refractivity (Wildman–Crippen MR) is 71.8 cm³/mol. The molecule has 0 atom stereocenters. The third kappa shape index (κ3) is 3.86. The highest BCUT2D eigenvalue weighted by Crippen LogP contribution is 2.28. The minimum absolute atomic E-state index is 0.229. The molecule has 2 aromatic rings. The third-order valence-electron chi connectivity index (χ3n) is 2.58. The van der Waals surface area contributed by atoms with Gasteiger partial charge in [-0.05, 0) is 36.1 Å². The summed E-state index contributed by atoms with van der Waals surface area (Å²) in [5.74, 6) is -0.605. The van der Waals surface area contributed by atoms with Gasteiger partial charge in [-0.1, -0.05) is 0 Å². The molecule has 0 aliphatic rings. The topological polar surface area (TPSA) is 52.3 Å². The van der Waals surface area contributed by atoms with E-state index >= 15 is 0 Å². The second kappa shape index (κ2) is 5.70. The number of hydrogen-bond acceptors (Lipinski definition) is 4. The van der Waals surface area contributed by atoms with Crippen molar-refractivity contribution in [3.05, 3.63) is 29.1 Å². The number of anilines is 1. The van der Waals surface area contributed by atoms with Crippen molar-refractivity contribution < 1.29 is 22.7 Å². The zero-order valence-corrected chi connectivity index (χ0v) is 11.2. The summed E-state index contributed by atoms with van der Waals surface area (Å²) in [6.07, 6.45) is -5.40. The minimum atomic E-state index is -4.22. The number of halogens is 3. The second-order valence-electron chi connectivity index (χ2n) is 4.26. The van der Waals surface area contributed by atoms with Crippen molar-refractivity contribution in [3.8, 4) is 0 Å². The van der Waals surface area contributed by atoms with Gasteiger partial charge in [-0.15, -0.1) is 11.3 Å². The molecule has 7 heteroatoms. The fourth-order valence-corrected chi connectivity index (χ4v) is 2.61. The normalized spacial score (nSPS) is 11.8. The van der Waals surface area contributed by atoms with Gasteiger partial charge in [0.05, 0.1) is 6.61 Å². The van der Waals surface area contributed by atoms with E-state index in [1.165, 1.54) is 11.3 Å². The lowest BCUT2D eigenvalue weighted by Gasteiger charge is -2.06. The zero-order valence-electron chi connectivity index (χ0n) is 10.4. The van der Waals surface area contributed by atoms with Crippen LogP contribution in [0.4, 0.5) is 18.9 Å². The summed E-state index contributed by atoms with van der Waals surface area (Å²) < 4.78 is 41.5. The number of nitrogens with two attached hydrogens (primary N) is 1. The molecule has 0 radical (unpaired) electrons. The Morgan fingerprint density at radius 3 is 2.75 bits per heavy atom. The van der Waals surface area contributed by atoms with Crippen molar-refractivity contribution in [2.75, 3.05) is 12.3 Å². The highest BCUT2D eigenvalue weighted by molar-refractivity contribution is 7.20. The molecule has 108 valence electrons. The average molecular weight is 303 g/mol. The molecule has 0 fully saturated rings. The van der Waals surface area contributed by atoms with E-state index in [2.05, 4.69) is 0 Å². The summed E-state index contributed by atoms with van der Waals surface area (Å²) in [7, 11) is 0. The van der Waals surface area contributed by atoms with Crippen LogP contribution in [0.15, 0.2) is 24.3 Å². The van der Waals surface area contributed by atoms with Crippen molar-refractivity contribution in [1.82, 2.24) is 0 Å². The maximum Gasteiger partial charge on any atom is 0.389 e. The first-order chi connectivity index (χ1) is 9.35. The van der Waals surface area contributed by atoms with Crippen molar-refractivity contribution >= 4 is 33.1 Å².